The predicted molar refractivity (Wildman–Crippen MR) is 70.0 cm³/mol. The van der Waals surface area contributed by atoms with E-state index in [0.717, 1.165) is 24.5 Å². The Hall–Kier alpha value is -1.79. The van der Waals surface area contributed by atoms with Gasteiger partial charge in [-0.25, -0.2) is 17.2 Å². The summed E-state index contributed by atoms with van der Waals surface area (Å²) in [4.78, 5) is 0.00543. The second-order valence-corrected chi connectivity index (χ2v) is 6.43. The van der Waals surface area contributed by atoms with Gasteiger partial charge in [0.25, 0.3) is 0 Å². The van der Waals surface area contributed by atoms with Crippen LogP contribution < -0.4 is 0 Å². The first kappa shape index (κ1) is 14.6. The van der Waals surface area contributed by atoms with Crippen molar-refractivity contribution in [1.29, 1.82) is 0 Å². The standard InChI is InChI=1S/C14H12F2O3S/c1-20(18,19)11-4-2-3-9(7-11)14(17)12-8-10(15)5-6-13(12)16/h2-8,14,17H,1H3. The van der Waals surface area contributed by atoms with Crippen LogP contribution in [0.1, 0.15) is 17.2 Å². The first-order chi connectivity index (χ1) is 9.29. The molecule has 0 fully saturated rings. The zero-order valence-corrected chi connectivity index (χ0v) is 11.4. The molecule has 1 unspecified atom stereocenters. The average Bonchev–Trinajstić information content (AvgIpc) is 2.40. The first-order valence-electron chi connectivity index (χ1n) is 5.72. The van der Waals surface area contributed by atoms with Crippen molar-refractivity contribution in [3.05, 3.63) is 65.2 Å². The van der Waals surface area contributed by atoms with Crippen LogP contribution in [0.2, 0.25) is 0 Å². The van der Waals surface area contributed by atoms with Crippen LogP contribution in [0, 0.1) is 11.6 Å². The molecule has 1 atom stereocenters. The van der Waals surface area contributed by atoms with Crippen molar-refractivity contribution < 1.29 is 22.3 Å². The van der Waals surface area contributed by atoms with Crippen LogP contribution >= 0.6 is 0 Å². The summed E-state index contributed by atoms with van der Waals surface area (Å²) in [6, 6.07) is 8.23. The van der Waals surface area contributed by atoms with E-state index in [-0.39, 0.29) is 16.0 Å². The first-order valence-corrected chi connectivity index (χ1v) is 7.61. The van der Waals surface area contributed by atoms with Gasteiger partial charge in [-0.3, -0.25) is 0 Å². The third kappa shape index (κ3) is 3.02. The maximum absolute atomic E-state index is 13.6. The monoisotopic (exact) mass is 298 g/mol. The summed E-state index contributed by atoms with van der Waals surface area (Å²) < 4.78 is 49.6. The highest BCUT2D eigenvalue weighted by atomic mass is 32.2. The van der Waals surface area contributed by atoms with Gasteiger partial charge < -0.3 is 5.11 Å². The lowest BCUT2D eigenvalue weighted by Crippen LogP contribution is -2.05. The fraction of sp³-hybridized carbons (Fsp3) is 0.143. The largest absolute Gasteiger partial charge is 0.384 e. The molecule has 0 spiro atoms. The van der Waals surface area contributed by atoms with Crippen molar-refractivity contribution >= 4 is 9.84 Å². The van der Waals surface area contributed by atoms with Gasteiger partial charge in [-0.15, -0.1) is 0 Å². The molecule has 0 saturated carbocycles. The van der Waals surface area contributed by atoms with Gasteiger partial charge in [-0.1, -0.05) is 12.1 Å². The number of aliphatic hydroxyl groups is 1. The van der Waals surface area contributed by atoms with Crippen LogP contribution in [0.5, 0.6) is 0 Å². The number of aliphatic hydroxyl groups excluding tert-OH is 1. The average molecular weight is 298 g/mol. The van der Waals surface area contributed by atoms with Crippen molar-refractivity contribution in [1.82, 2.24) is 0 Å². The SMILES string of the molecule is CS(=O)(=O)c1cccc(C(O)c2cc(F)ccc2F)c1. The normalized spacial score (nSPS) is 13.2. The van der Waals surface area contributed by atoms with Crippen molar-refractivity contribution in [3.8, 4) is 0 Å². The van der Waals surface area contributed by atoms with Crippen molar-refractivity contribution in [2.24, 2.45) is 0 Å². The Kier molecular flexibility index (Phi) is 3.87. The Balaban J connectivity index is 2.48. The number of hydrogen-bond donors (Lipinski definition) is 1. The smallest absolute Gasteiger partial charge is 0.175 e. The highest BCUT2D eigenvalue weighted by Crippen LogP contribution is 2.26. The van der Waals surface area contributed by atoms with E-state index in [2.05, 4.69) is 0 Å². The molecular weight excluding hydrogens is 286 g/mol. The third-order valence-corrected chi connectivity index (χ3v) is 3.96. The molecule has 0 aliphatic heterocycles. The fourth-order valence-corrected chi connectivity index (χ4v) is 2.49. The lowest BCUT2D eigenvalue weighted by Gasteiger charge is -2.13. The molecule has 0 aromatic heterocycles. The summed E-state index contributed by atoms with van der Waals surface area (Å²) >= 11 is 0. The molecule has 106 valence electrons. The third-order valence-electron chi connectivity index (χ3n) is 2.85. The van der Waals surface area contributed by atoms with E-state index in [0.29, 0.717) is 0 Å². The van der Waals surface area contributed by atoms with Crippen molar-refractivity contribution in [3.63, 3.8) is 0 Å². The Morgan fingerprint density at radius 3 is 2.45 bits per heavy atom. The quantitative estimate of drug-likeness (QED) is 0.947. The van der Waals surface area contributed by atoms with Crippen molar-refractivity contribution in [2.45, 2.75) is 11.0 Å². The summed E-state index contributed by atoms with van der Waals surface area (Å²) in [7, 11) is -3.44. The van der Waals surface area contributed by atoms with E-state index in [1.807, 2.05) is 0 Å². The minimum Gasteiger partial charge on any atom is -0.384 e. The number of sulfone groups is 1. The number of halogens is 2. The molecule has 6 heteroatoms. The molecule has 20 heavy (non-hydrogen) atoms. The minimum atomic E-state index is -3.44. The van der Waals surface area contributed by atoms with Crippen LogP contribution in [-0.4, -0.2) is 19.8 Å². The second-order valence-electron chi connectivity index (χ2n) is 4.41. The molecule has 0 amide bonds. The maximum atomic E-state index is 13.6. The molecular formula is C14H12F2O3S. The molecule has 0 aliphatic carbocycles. The van der Waals surface area contributed by atoms with Gasteiger partial charge in [0.15, 0.2) is 9.84 Å². The summed E-state index contributed by atoms with van der Waals surface area (Å²) in [5.74, 6) is -1.44. The zero-order valence-electron chi connectivity index (χ0n) is 10.5. The molecule has 2 rings (SSSR count). The van der Waals surface area contributed by atoms with E-state index in [9.17, 15) is 22.3 Å². The minimum absolute atomic E-state index is 0.00543. The molecule has 0 aliphatic rings. The summed E-state index contributed by atoms with van der Waals surface area (Å²) in [5.41, 5.74) is -0.0620. The van der Waals surface area contributed by atoms with E-state index in [4.69, 9.17) is 0 Å². The number of rotatable bonds is 3. The predicted octanol–water partition coefficient (Wildman–Crippen LogP) is 2.45. The second kappa shape index (κ2) is 5.30. The van der Waals surface area contributed by atoms with Gasteiger partial charge in [0.05, 0.1) is 4.90 Å². The van der Waals surface area contributed by atoms with Gasteiger partial charge in [0.2, 0.25) is 0 Å². The van der Waals surface area contributed by atoms with Crippen LogP contribution in [-0.2, 0) is 9.84 Å². The van der Waals surface area contributed by atoms with Gasteiger partial charge in [-0.2, -0.15) is 0 Å². The van der Waals surface area contributed by atoms with Crippen molar-refractivity contribution in [2.75, 3.05) is 6.26 Å². The molecule has 0 saturated heterocycles. The van der Waals surface area contributed by atoms with Gasteiger partial charge in [0, 0.05) is 11.8 Å². The van der Waals surface area contributed by atoms with Crippen LogP contribution in [0.3, 0.4) is 0 Å². The molecule has 1 N–H and O–H groups in total. The molecule has 2 aromatic rings. The molecule has 0 bridgehead atoms. The van der Waals surface area contributed by atoms with Crippen LogP contribution in [0.15, 0.2) is 47.4 Å². The summed E-state index contributed by atoms with van der Waals surface area (Å²) in [5, 5.41) is 10.1. The van der Waals surface area contributed by atoms with Gasteiger partial charge in [-0.05, 0) is 35.9 Å². The fourth-order valence-electron chi connectivity index (χ4n) is 1.82. The molecule has 2 aromatic carbocycles. The maximum Gasteiger partial charge on any atom is 0.175 e. The Labute approximate surface area is 115 Å². The zero-order chi connectivity index (χ0) is 14.9. The Morgan fingerprint density at radius 1 is 1.10 bits per heavy atom. The van der Waals surface area contributed by atoms with Crippen LogP contribution in [0.25, 0.3) is 0 Å². The van der Waals surface area contributed by atoms with E-state index in [1.54, 1.807) is 0 Å². The van der Waals surface area contributed by atoms with Gasteiger partial charge in [0.1, 0.15) is 17.7 Å². The highest BCUT2D eigenvalue weighted by Gasteiger charge is 2.17. The lowest BCUT2D eigenvalue weighted by molar-refractivity contribution is 0.214. The summed E-state index contributed by atoms with van der Waals surface area (Å²) in [6.07, 6.45) is -0.409. The lowest BCUT2D eigenvalue weighted by atomic mass is 10.0. The Morgan fingerprint density at radius 2 is 1.80 bits per heavy atom. The Bertz CT molecular complexity index is 742. The van der Waals surface area contributed by atoms with E-state index >= 15 is 0 Å². The van der Waals surface area contributed by atoms with E-state index in [1.165, 1.54) is 24.3 Å². The summed E-state index contributed by atoms with van der Waals surface area (Å²) in [6.45, 7) is 0. The van der Waals surface area contributed by atoms with E-state index < -0.39 is 27.6 Å². The molecule has 0 heterocycles. The number of benzene rings is 2. The number of hydrogen-bond acceptors (Lipinski definition) is 3. The molecule has 0 radical (unpaired) electrons. The topological polar surface area (TPSA) is 54.4 Å². The van der Waals surface area contributed by atoms with Crippen LogP contribution in [0.4, 0.5) is 8.78 Å². The molecule has 3 nitrogen and oxygen atoms in total. The highest BCUT2D eigenvalue weighted by molar-refractivity contribution is 7.90. The van der Waals surface area contributed by atoms with Gasteiger partial charge >= 0.3 is 0 Å².